The van der Waals surface area contributed by atoms with Gasteiger partial charge in [-0.1, -0.05) is 15.9 Å². The van der Waals surface area contributed by atoms with E-state index < -0.39 is 0 Å². The molecule has 0 amide bonds. The first-order chi connectivity index (χ1) is 6.81. The quantitative estimate of drug-likeness (QED) is 0.912. The molecule has 0 unspecified atom stereocenters. The summed E-state index contributed by atoms with van der Waals surface area (Å²) in [6, 6.07) is 6.02. The summed E-state index contributed by atoms with van der Waals surface area (Å²) in [6.45, 7) is 1.03. The van der Waals surface area contributed by atoms with Crippen molar-refractivity contribution in [3.8, 4) is 0 Å². The molecule has 0 aliphatic rings. The summed E-state index contributed by atoms with van der Waals surface area (Å²) in [6.07, 6.45) is 2.58. The molecule has 1 heterocycles. The van der Waals surface area contributed by atoms with Gasteiger partial charge in [0.05, 0.1) is 17.4 Å². The highest BCUT2D eigenvalue weighted by atomic mass is 79.9. The van der Waals surface area contributed by atoms with E-state index >= 15 is 0 Å². The molecule has 0 fully saturated rings. The molecule has 14 heavy (non-hydrogen) atoms. The summed E-state index contributed by atoms with van der Waals surface area (Å²) >= 11 is 3.41. The first-order valence-electron chi connectivity index (χ1n) is 4.52. The fourth-order valence-corrected chi connectivity index (χ4v) is 1.81. The van der Waals surface area contributed by atoms with Crippen LogP contribution in [0.2, 0.25) is 0 Å². The van der Waals surface area contributed by atoms with Crippen LogP contribution in [0, 0.1) is 0 Å². The fourth-order valence-electron chi connectivity index (χ4n) is 1.46. The van der Waals surface area contributed by atoms with Crippen molar-refractivity contribution in [2.45, 2.75) is 13.0 Å². The Labute approximate surface area is 90.5 Å². The van der Waals surface area contributed by atoms with E-state index in [4.69, 9.17) is 5.11 Å². The topological polar surface area (TPSA) is 38.0 Å². The lowest BCUT2D eigenvalue weighted by Gasteiger charge is -2.01. The normalized spacial score (nSPS) is 11.0. The molecule has 4 heteroatoms. The van der Waals surface area contributed by atoms with Gasteiger partial charge in [-0.15, -0.1) is 0 Å². The van der Waals surface area contributed by atoms with Gasteiger partial charge in [0.15, 0.2) is 0 Å². The summed E-state index contributed by atoms with van der Waals surface area (Å²) < 4.78 is 3.09. The van der Waals surface area contributed by atoms with Gasteiger partial charge >= 0.3 is 0 Å². The zero-order valence-electron chi connectivity index (χ0n) is 7.65. The Kier molecular flexibility index (Phi) is 2.84. The second kappa shape index (κ2) is 4.11. The molecule has 1 N–H and O–H groups in total. The van der Waals surface area contributed by atoms with E-state index in [0.717, 1.165) is 28.5 Å². The molecule has 2 rings (SSSR count). The van der Waals surface area contributed by atoms with Crippen molar-refractivity contribution in [3.05, 3.63) is 29.0 Å². The molecular weight excluding hydrogens is 244 g/mol. The number of benzene rings is 1. The van der Waals surface area contributed by atoms with Crippen LogP contribution in [0.5, 0.6) is 0 Å². The number of aryl methyl sites for hydroxylation is 1. The van der Waals surface area contributed by atoms with Crippen molar-refractivity contribution < 1.29 is 5.11 Å². The summed E-state index contributed by atoms with van der Waals surface area (Å²) in [5, 5.41) is 8.74. The zero-order chi connectivity index (χ0) is 9.97. The number of hydrogen-bond acceptors (Lipinski definition) is 2. The smallest absolute Gasteiger partial charge is 0.0958 e. The molecule has 74 valence electrons. The largest absolute Gasteiger partial charge is 0.396 e. The maximum atomic E-state index is 8.74. The number of halogens is 1. The molecule has 0 aliphatic carbocycles. The van der Waals surface area contributed by atoms with E-state index in [0.29, 0.717) is 0 Å². The van der Waals surface area contributed by atoms with Crippen LogP contribution in [0.3, 0.4) is 0 Å². The predicted octanol–water partition coefficient (Wildman–Crippen LogP) is 2.18. The van der Waals surface area contributed by atoms with Crippen LogP contribution in [0.25, 0.3) is 11.0 Å². The molecular formula is C10H11BrN2O. The SMILES string of the molecule is OCCCn1cnc2cc(Br)ccc21. The summed E-state index contributed by atoms with van der Waals surface area (Å²) in [4.78, 5) is 4.28. The van der Waals surface area contributed by atoms with E-state index in [9.17, 15) is 0 Å². The molecule has 0 aliphatic heterocycles. The maximum absolute atomic E-state index is 8.74. The van der Waals surface area contributed by atoms with Gasteiger partial charge in [-0.05, 0) is 24.6 Å². The maximum Gasteiger partial charge on any atom is 0.0958 e. The highest BCUT2D eigenvalue weighted by molar-refractivity contribution is 9.10. The van der Waals surface area contributed by atoms with Crippen molar-refractivity contribution in [2.24, 2.45) is 0 Å². The second-order valence-corrected chi connectivity index (χ2v) is 4.06. The highest BCUT2D eigenvalue weighted by Gasteiger charge is 2.01. The lowest BCUT2D eigenvalue weighted by molar-refractivity contribution is 0.280. The van der Waals surface area contributed by atoms with Crippen molar-refractivity contribution in [2.75, 3.05) is 6.61 Å². The Morgan fingerprint density at radius 2 is 2.29 bits per heavy atom. The zero-order valence-corrected chi connectivity index (χ0v) is 9.24. The molecule has 0 saturated heterocycles. The molecule has 3 nitrogen and oxygen atoms in total. The average Bonchev–Trinajstić information content (AvgIpc) is 2.57. The molecule has 0 spiro atoms. The van der Waals surface area contributed by atoms with Gasteiger partial charge in [-0.3, -0.25) is 0 Å². The lowest BCUT2D eigenvalue weighted by atomic mass is 10.3. The van der Waals surface area contributed by atoms with Crippen LogP contribution in [0.15, 0.2) is 29.0 Å². The monoisotopic (exact) mass is 254 g/mol. The van der Waals surface area contributed by atoms with E-state index in [2.05, 4.69) is 25.5 Å². The minimum absolute atomic E-state index is 0.218. The first kappa shape index (κ1) is 9.68. The number of rotatable bonds is 3. The third-order valence-electron chi connectivity index (χ3n) is 2.14. The van der Waals surface area contributed by atoms with E-state index in [1.807, 2.05) is 24.5 Å². The van der Waals surface area contributed by atoms with Gasteiger partial charge in [-0.25, -0.2) is 4.98 Å². The van der Waals surface area contributed by atoms with Crippen LogP contribution < -0.4 is 0 Å². The lowest BCUT2D eigenvalue weighted by Crippen LogP contribution is -1.97. The van der Waals surface area contributed by atoms with Crippen molar-refractivity contribution in [3.63, 3.8) is 0 Å². The van der Waals surface area contributed by atoms with E-state index in [-0.39, 0.29) is 6.61 Å². The van der Waals surface area contributed by atoms with Crippen LogP contribution in [0.4, 0.5) is 0 Å². The van der Waals surface area contributed by atoms with Gasteiger partial charge in [0.25, 0.3) is 0 Å². The Morgan fingerprint density at radius 3 is 3.07 bits per heavy atom. The Hall–Kier alpha value is -0.870. The third kappa shape index (κ3) is 1.81. The predicted molar refractivity (Wildman–Crippen MR) is 59.1 cm³/mol. The van der Waals surface area contributed by atoms with Crippen molar-refractivity contribution >= 4 is 27.0 Å². The van der Waals surface area contributed by atoms with E-state index in [1.165, 1.54) is 0 Å². The number of hydrogen-bond donors (Lipinski definition) is 1. The standard InChI is InChI=1S/C10H11BrN2O/c11-8-2-3-10-9(6-8)12-7-13(10)4-1-5-14/h2-3,6-7,14H,1,4-5H2. The van der Waals surface area contributed by atoms with Gasteiger partial charge in [0.1, 0.15) is 0 Å². The molecule has 0 bridgehead atoms. The Balaban J connectivity index is 2.37. The van der Waals surface area contributed by atoms with Crippen LogP contribution in [-0.2, 0) is 6.54 Å². The molecule has 0 radical (unpaired) electrons. The van der Waals surface area contributed by atoms with E-state index in [1.54, 1.807) is 0 Å². The number of aromatic nitrogens is 2. The molecule has 0 atom stereocenters. The van der Waals surface area contributed by atoms with Crippen LogP contribution in [0.1, 0.15) is 6.42 Å². The first-order valence-corrected chi connectivity index (χ1v) is 5.32. The molecule has 0 saturated carbocycles. The van der Waals surface area contributed by atoms with Crippen molar-refractivity contribution in [1.29, 1.82) is 0 Å². The minimum atomic E-state index is 0.218. The Bertz CT molecular complexity index is 439. The van der Waals surface area contributed by atoms with Gasteiger partial charge in [-0.2, -0.15) is 0 Å². The van der Waals surface area contributed by atoms with Crippen LogP contribution >= 0.6 is 15.9 Å². The van der Waals surface area contributed by atoms with Gasteiger partial charge in [0, 0.05) is 17.6 Å². The number of aliphatic hydroxyl groups is 1. The minimum Gasteiger partial charge on any atom is -0.396 e. The molecule has 1 aromatic carbocycles. The summed E-state index contributed by atoms with van der Waals surface area (Å²) in [5.41, 5.74) is 2.10. The molecule has 1 aromatic heterocycles. The summed E-state index contributed by atoms with van der Waals surface area (Å²) in [5.74, 6) is 0. The number of nitrogens with zero attached hydrogens (tertiary/aromatic N) is 2. The third-order valence-corrected chi connectivity index (χ3v) is 2.63. The summed E-state index contributed by atoms with van der Waals surface area (Å²) in [7, 11) is 0. The van der Waals surface area contributed by atoms with Crippen LogP contribution in [-0.4, -0.2) is 21.3 Å². The highest BCUT2D eigenvalue weighted by Crippen LogP contribution is 2.18. The average molecular weight is 255 g/mol. The number of aliphatic hydroxyl groups excluding tert-OH is 1. The fraction of sp³-hybridized carbons (Fsp3) is 0.300. The number of fused-ring (bicyclic) bond motifs is 1. The second-order valence-electron chi connectivity index (χ2n) is 3.15. The van der Waals surface area contributed by atoms with Crippen molar-refractivity contribution in [1.82, 2.24) is 9.55 Å². The Morgan fingerprint density at radius 1 is 1.43 bits per heavy atom. The van der Waals surface area contributed by atoms with Gasteiger partial charge < -0.3 is 9.67 Å². The van der Waals surface area contributed by atoms with Gasteiger partial charge in [0.2, 0.25) is 0 Å². The number of imidazole rings is 1. The molecule has 2 aromatic rings.